The number of nitrogens with zero attached hydrogens (tertiary/aromatic N) is 4. The van der Waals surface area contributed by atoms with E-state index in [1.807, 2.05) is 0 Å². The van der Waals surface area contributed by atoms with Gasteiger partial charge in [0.05, 0.1) is 4.92 Å². The predicted octanol–water partition coefficient (Wildman–Crippen LogP) is 1.11. The third-order valence-corrected chi connectivity index (χ3v) is 3.43. The average Bonchev–Trinajstić information content (AvgIpc) is 2.57. The van der Waals surface area contributed by atoms with E-state index in [1.165, 1.54) is 12.1 Å². The number of rotatable bonds is 6. The minimum Gasteiger partial charge on any atom is -0.382 e. The third kappa shape index (κ3) is 5.94. The molecule has 0 saturated heterocycles. The van der Waals surface area contributed by atoms with E-state index < -0.39 is 16.8 Å². The van der Waals surface area contributed by atoms with Crippen LogP contribution in [0.15, 0.2) is 29.3 Å². The van der Waals surface area contributed by atoms with Crippen LogP contribution < -0.4 is 22.5 Å². The van der Waals surface area contributed by atoms with Crippen LogP contribution in [-0.4, -0.2) is 33.3 Å². The first-order chi connectivity index (χ1) is 12.3. The van der Waals surface area contributed by atoms with Gasteiger partial charge in [-0.15, -0.1) is 12.4 Å². The number of hydrogen-bond donors (Lipinski definition) is 4. The highest BCUT2D eigenvalue weighted by molar-refractivity contribution is 6.32. The van der Waals surface area contributed by atoms with Crippen LogP contribution in [0.5, 0.6) is 0 Å². The average molecular weight is 415 g/mol. The van der Waals surface area contributed by atoms with Crippen LogP contribution in [-0.2, 0) is 6.42 Å². The van der Waals surface area contributed by atoms with Crippen molar-refractivity contribution in [1.29, 1.82) is 0 Å². The highest BCUT2D eigenvalue weighted by atomic mass is 35.5. The number of carbonyl (C=O) groups excluding carboxylic acids is 1. The summed E-state index contributed by atoms with van der Waals surface area (Å²) < 4.78 is 0. The van der Waals surface area contributed by atoms with Crippen LogP contribution in [0.25, 0.3) is 0 Å². The molecular formula is C14H16Cl2N8O3. The Bertz CT molecular complexity index is 869. The lowest BCUT2D eigenvalue weighted by atomic mass is 10.1. The number of nitro groups is 1. The number of nitrogens with one attached hydrogen (secondary N) is 1. The van der Waals surface area contributed by atoms with Crippen LogP contribution in [0, 0.1) is 10.1 Å². The van der Waals surface area contributed by atoms with Gasteiger partial charge in [-0.2, -0.15) is 4.99 Å². The molecule has 0 spiro atoms. The van der Waals surface area contributed by atoms with Gasteiger partial charge < -0.3 is 22.5 Å². The number of anilines is 2. The van der Waals surface area contributed by atoms with Gasteiger partial charge in [0.25, 0.3) is 5.69 Å². The summed E-state index contributed by atoms with van der Waals surface area (Å²) in [7, 11) is 0. The van der Waals surface area contributed by atoms with Gasteiger partial charge >= 0.3 is 5.91 Å². The van der Waals surface area contributed by atoms with Crippen molar-refractivity contribution in [2.75, 3.05) is 17.6 Å². The van der Waals surface area contributed by atoms with Gasteiger partial charge in [-0.3, -0.25) is 14.9 Å². The number of aliphatic imine (C=N–C) groups is 1. The molecule has 1 heterocycles. The Morgan fingerprint density at radius 1 is 1.26 bits per heavy atom. The Balaban J connectivity index is 0.00000364. The molecule has 1 aromatic heterocycles. The molecule has 2 aromatic rings. The molecule has 2 rings (SSSR count). The summed E-state index contributed by atoms with van der Waals surface area (Å²) in [6.45, 7) is 0.410. The van der Waals surface area contributed by atoms with E-state index >= 15 is 0 Å². The number of nitrogens with two attached hydrogens (primary N) is 3. The van der Waals surface area contributed by atoms with Gasteiger partial charge in [-0.25, -0.2) is 9.97 Å². The molecule has 0 radical (unpaired) electrons. The number of carbonyl (C=O) groups is 1. The molecule has 0 saturated carbocycles. The van der Waals surface area contributed by atoms with Gasteiger partial charge in [-0.05, 0) is 12.0 Å². The molecule has 0 aliphatic heterocycles. The van der Waals surface area contributed by atoms with Crippen molar-refractivity contribution < 1.29 is 9.72 Å². The Morgan fingerprint density at radius 2 is 1.89 bits per heavy atom. The maximum atomic E-state index is 11.8. The number of non-ortho nitro benzene ring substituents is 1. The molecule has 1 aromatic carbocycles. The summed E-state index contributed by atoms with van der Waals surface area (Å²) in [5.41, 5.74) is 16.6. The number of benzene rings is 1. The van der Waals surface area contributed by atoms with Crippen molar-refractivity contribution >= 4 is 53.2 Å². The first kappa shape index (κ1) is 21.9. The molecular weight excluding hydrogens is 399 g/mol. The van der Waals surface area contributed by atoms with Crippen LogP contribution in [0.3, 0.4) is 0 Å². The molecule has 0 fully saturated rings. The second-order valence-electron chi connectivity index (χ2n) is 5.04. The van der Waals surface area contributed by atoms with Crippen molar-refractivity contribution in [2.24, 2.45) is 16.5 Å². The maximum absolute atomic E-state index is 11.8. The second kappa shape index (κ2) is 9.50. The lowest BCUT2D eigenvalue weighted by molar-refractivity contribution is -0.384. The summed E-state index contributed by atoms with van der Waals surface area (Å²) in [6, 6.07) is 6.14. The molecule has 0 aliphatic carbocycles. The van der Waals surface area contributed by atoms with Crippen LogP contribution in [0.4, 0.5) is 17.3 Å². The first-order valence-corrected chi connectivity index (χ1v) is 7.60. The zero-order valence-electron chi connectivity index (χ0n) is 13.8. The fourth-order valence-corrected chi connectivity index (χ4v) is 2.17. The molecule has 13 heteroatoms. The Labute approximate surface area is 164 Å². The predicted molar refractivity (Wildman–Crippen MR) is 104 cm³/mol. The lowest BCUT2D eigenvalue weighted by Gasteiger charge is -2.09. The third-order valence-electron chi connectivity index (χ3n) is 3.17. The van der Waals surface area contributed by atoms with E-state index in [9.17, 15) is 14.9 Å². The quantitative estimate of drug-likeness (QED) is 0.232. The SMILES string of the molecule is Cl.NC(N)=NC(=O)c1nc(Cl)c(NCCc2ccc([N+](=O)[O-])cc2)nc1N. The Morgan fingerprint density at radius 3 is 2.44 bits per heavy atom. The maximum Gasteiger partial charge on any atom is 0.302 e. The molecule has 0 unspecified atom stereocenters. The smallest absolute Gasteiger partial charge is 0.302 e. The van der Waals surface area contributed by atoms with E-state index in [4.69, 9.17) is 28.8 Å². The molecule has 11 nitrogen and oxygen atoms in total. The van der Waals surface area contributed by atoms with Crippen LogP contribution >= 0.6 is 24.0 Å². The molecule has 27 heavy (non-hydrogen) atoms. The van der Waals surface area contributed by atoms with Crippen molar-refractivity contribution in [3.05, 3.63) is 50.8 Å². The molecule has 1 amide bonds. The number of halogens is 2. The van der Waals surface area contributed by atoms with E-state index in [0.717, 1.165) is 5.56 Å². The monoisotopic (exact) mass is 414 g/mol. The number of hydrogen-bond acceptors (Lipinski definition) is 7. The van der Waals surface area contributed by atoms with Crippen LogP contribution in [0.2, 0.25) is 5.15 Å². The zero-order chi connectivity index (χ0) is 19.3. The number of guanidine groups is 1. The standard InChI is InChI=1S/C14H15ClN8O3.ClH/c15-10-12(21-11(16)9(20-10)13(24)22-14(17)18)19-6-5-7-1-3-8(4-2-7)23(25)26;/h1-4H,5-6H2,(H3,16,19,21)(H4,17,18,22,24);1H. The van der Waals surface area contributed by atoms with Gasteiger partial charge in [0.15, 0.2) is 28.4 Å². The molecule has 144 valence electrons. The fraction of sp³-hybridized carbons (Fsp3) is 0.143. The highest BCUT2D eigenvalue weighted by Gasteiger charge is 2.16. The first-order valence-electron chi connectivity index (χ1n) is 7.22. The van der Waals surface area contributed by atoms with Gasteiger partial charge in [0.2, 0.25) is 0 Å². The number of aromatic nitrogens is 2. The number of nitro benzene ring substituents is 1. The zero-order valence-corrected chi connectivity index (χ0v) is 15.3. The van der Waals surface area contributed by atoms with Gasteiger partial charge in [0, 0.05) is 18.7 Å². The molecule has 0 atom stereocenters. The molecule has 7 N–H and O–H groups in total. The Kier molecular flexibility index (Phi) is 7.69. The largest absolute Gasteiger partial charge is 0.382 e. The summed E-state index contributed by atoms with van der Waals surface area (Å²) in [5, 5.41) is 13.5. The number of amides is 1. The minimum atomic E-state index is -0.852. The molecule has 0 aliphatic rings. The van der Waals surface area contributed by atoms with Crippen molar-refractivity contribution in [3.8, 4) is 0 Å². The van der Waals surface area contributed by atoms with Gasteiger partial charge in [-0.1, -0.05) is 23.7 Å². The molecule has 0 bridgehead atoms. The minimum absolute atomic E-state index is 0. The summed E-state index contributed by atoms with van der Waals surface area (Å²) in [5.74, 6) is -1.28. The van der Waals surface area contributed by atoms with Gasteiger partial charge in [0.1, 0.15) is 0 Å². The van der Waals surface area contributed by atoms with Crippen molar-refractivity contribution in [3.63, 3.8) is 0 Å². The summed E-state index contributed by atoms with van der Waals surface area (Å²) in [6.07, 6.45) is 0.546. The summed E-state index contributed by atoms with van der Waals surface area (Å²) >= 11 is 5.99. The van der Waals surface area contributed by atoms with E-state index in [1.54, 1.807) is 12.1 Å². The van der Waals surface area contributed by atoms with Crippen molar-refractivity contribution in [1.82, 2.24) is 9.97 Å². The van der Waals surface area contributed by atoms with Crippen LogP contribution in [0.1, 0.15) is 16.1 Å². The summed E-state index contributed by atoms with van der Waals surface area (Å²) in [4.78, 5) is 33.1. The van der Waals surface area contributed by atoms with E-state index in [0.29, 0.717) is 13.0 Å². The van der Waals surface area contributed by atoms with Crippen molar-refractivity contribution in [2.45, 2.75) is 6.42 Å². The Hall–Kier alpha value is -3.18. The lowest BCUT2D eigenvalue weighted by Crippen LogP contribution is -2.25. The fourth-order valence-electron chi connectivity index (χ4n) is 1.98. The topological polar surface area (TPSA) is 188 Å². The second-order valence-corrected chi connectivity index (χ2v) is 5.40. The van der Waals surface area contributed by atoms with E-state index in [2.05, 4.69) is 20.3 Å². The highest BCUT2D eigenvalue weighted by Crippen LogP contribution is 2.21. The normalized spacial score (nSPS) is 9.81. The van der Waals surface area contributed by atoms with E-state index in [-0.39, 0.29) is 40.6 Å². The number of nitrogen functional groups attached to an aromatic ring is 1.